The van der Waals surface area contributed by atoms with Crippen molar-refractivity contribution >= 4 is 17.9 Å². The highest BCUT2D eigenvalue weighted by molar-refractivity contribution is 5.71. The van der Waals surface area contributed by atoms with Crippen LogP contribution in [0, 0.1) is 0 Å². The van der Waals surface area contributed by atoms with Crippen molar-refractivity contribution in [3.05, 3.63) is 72.9 Å². The van der Waals surface area contributed by atoms with E-state index in [0.29, 0.717) is 19.3 Å². The summed E-state index contributed by atoms with van der Waals surface area (Å²) in [6.07, 6.45) is 92.1. The second-order valence-corrected chi connectivity index (χ2v) is 24.1. The van der Waals surface area contributed by atoms with Crippen LogP contribution >= 0.6 is 0 Å². The second kappa shape index (κ2) is 70.3. The Kier molecular flexibility index (Phi) is 67.6. The summed E-state index contributed by atoms with van der Waals surface area (Å²) in [5.41, 5.74) is 0. The molecule has 0 amide bonds. The van der Waals surface area contributed by atoms with E-state index in [-0.39, 0.29) is 31.1 Å². The Hall–Kier alpha value is -3.15. The Bertz CT molecular complexity index is 1500. The quantitative estimate of drug-likeness (QED) is 0.0261. The van der Waals surface area contributed by atoms with Gasteiger partial charge in [-0.05, 0) is 89.9 Å². The molecule has 0 radical (unpaired) electrons. The first-order valence-corrected chi connectivity index (χ1v) is 35.9. The summed E-state index contributed by atoms with van der Waals surface area (Å²) >= 11 is 0. The predicted molar refractivity (Wildman–Crippen MR) is 358 cm³/mol. The second-order valence-electron chi connectivity index (χ2n) is 24.1. The van der Waals surface area contributed by atoms with Gasteiger partial charge in [0.1, 0.15) is 13.2 Å². The summed E-state index contributed by atoms with van der Waals surface area (Å²) in [5, 5.41) is 0. The molecule has 0 aromatic carbocycles. The molecule has 0 saturated heterocycles. The standard InChI is InChI=1S/C76H136O6/c1-4-7-10-13-16-19-22-25-28-31-33-35-36-37-38-39-40-41-43-45-48-51-54-57-60-63-66-69-75(78)81-72-73(71-80-74(77)68-65-62-59-56-53-50-47-44-30-27-24-21-18-15-12-9-6-3)82-76(79)70-67-64-61-58-55-52-49-46-42-34-32-29-26-23-20-17-14-11-8-5-2/h7,10,16,19,25,27-28,30,33,35,37-38,73H,4-6,8-9,11-15,17-18,20-24,26,29,31-32,34,36,39-72H2,1-3H3/b10-7-,19-16-,28-25-,30-27-,35-33-,38-37-. The number of unbranched alkanes of at least 4 members (excludes halogenated alkanes) is 43. The molecular formula is C76H136O6. The molecule has 0 aliphatic heterocycles. The van der Waals surface area contributed by atoms with Crippen LogP contribution in [-0.4, -0.2) is 37.2 Å². The zero-order valence-electron chi connectivity index (χ0n) is 54.8. The van der Waals surface area contributed by atoms with Gasteiger partial charge in [-0.2, -0.15) is 0 Å². The molecule has 1 unspecified atom stereocenters. The fourth-order valence-electron chi connectivity index (χ4n) is 10.6. The SMILES string of the molecule is CC/C=C\C/C=C\C/C=C\C/C=C\C/C=C\CCCCCCCCCCCCCC(=O)OCC(COC(=O)CCCCCCCCC/C=C\CCCCCCCC)OC(=O)CCCCCCCCCCCCCCCCCCCCCC. The number of rotatable bonds is 66. The Morgan fingerprint density at radius 1 is 0.256 bits per heavy atom. The molecule has 1 atom stereocenters. The molecule has 0 aliphatic rings. The fraction of sp³-hybridized carbons (Fsp3) is 0.803. The van der Waals surface area contributed by atoms with Gasteiger partial charge in [0.15, 0.2) is 6.10 Å². The van der Waals surface area contributed by atoms with E-state index in [1.165, 1.54) is 244 Å². The third-order valence-corrected chi connectivity index (χ3v) is 15.9. The van der Waals surface area contributed by atoms with Crippen LogP contribution in [-0.2, 0) is 28.6 Å². The highest BCUT2D eigenvalue weighted by Gasteiger charge is 2.19. The van der Waals surface area contributed by atoms with Crippen molar-refractivity contribution in [2.45, 2.75) is 380 Å². The fourth-order valence-corrected chi connectivity index (χ4v) is 10.6. The van der Waals surface area contributed by atoms with Crippen LogP contribution in [0.5, 0.6) is 0 Å². The molecule has 0 rings (SSSR count). The van der Waals surface area contributed by atoms with E-state index < -0.39 is 6.10 Å². The third kappa shape index (κ3) is 67.6. The summed E-state index contributed by atoms with van der Waals surface area (Å²) in [6.45, 7) is 6.58. The summed E-state index contributed by atoms with van der Waals surface area (Å²) in [4.78, 5) is 38.5. The Morgan fingerprint density at radius 2 is 0.476 bits per heavy atom. The first kappa shape index (κ1) is 78.8. The first-order valence-electron chi connectivity index (χ1n) is 35.9. The minimum absolute atomic E-state index is 0.0738. The molecular weight excluding hydrogens is 1010 g/mol. The number of allylic oxidation sites excluding steroid dienone is 12. The summed E-state index contributed by atoms with van der Waals surface area (Å²) in [7, 11) is 0. The molecule has 0 spiro atoms. The van der Waals surface area contributed by atoms with E-state index in [4.69, 9.17) is 14.2 Å². The molecule has 0 aliphatic carbocycles. The van der Waals surface area contributed by atoms with Gasteiger partial charge >= 0.3 is 17.9 Å². The lowest BCUT2D eigenvalue weighted by atomic mass is 10.0. The molecule has 6 heteroatoms. The van der Waals surface area contributed by atoms with Crippen molar-refractivity contribution in [1.82, 2.24) is 0 Å². The molecule has 476 valence electrons. The van der Waals surface area contributed by atoms with Crippen LogP contribution in [0.1, 0.15) is 374 Å². The van der Waals surface area contributed by atoms with Gasteiger partial charge in [-0.15, -0.1) is 0 Å². The van der Waals surface area contributed by atoms with Gasteiger partial charge in [-0.3, -0.25) is 14.4 Å². The van der Waals surface area contributed by atoms with Crippen molar-refractivity contribution in [3.8, 4) is 0 Å². The highest BCUT2D eigenvalue weighted by Crippen LogP contribution is 2.18. The maximum atomic E-state index is 13.0. The molecule has 6 nitrogen and oxygen atoms in total. The number of hydrogen-bond donors (Lipinski definition) is 0. The average Bonchev–Trinajstić information content (AvgIpc) is 3.47. The summed E-state index contributed by atoms with van der Waals surface area (Å²) in [5.74, 6) is -0.856. The molecule has 0 N–H and O–H groups in total. The van der Waals surface area contributed by atoms with E-state index in [1.807, 2.05) is 0 Å². The minimum Gasteiger partial charge on any atom is -0.462 e. The number of hydrogen-bond acceptors (Lipinski definition) is 6. The van der Waals surface area contributed by atoms with E-state index in [9.17, 15) is 14.4 Å². The molecule has 0 saturated carbocycles. The predicted octanol–water partition coefficient (Wildman–Crippen LogP) is 24.8. The molecule has 0 aromatic heterocycles. The molecule has 0 heterocycles. The summed E-state index contributed by atoms with van der Waals surface area (Å²) < 4.78 is 17.0. The van der Waals surface area contributed by atoms with Crippen LogP contribution in [0.15, 0.2) is 72.9 Å². The van der Waals surface area contributed by atoms with E-state index >= 15 is 0 Å². The molecule has 0 bridgehead atoms. The summed E-state index contributed by atoms with van der Waals surface area (Å²) in [6, 6.07) is 0. The largest absolute Gasteiger partial charge is 0.462 e. The van der Waals surface area contributed by atoms with E-state index in [0.717, 1.165) is 89.9 Å². The Balaban J connectivity index is 4.31. The maximum Gasteiger partial charge on any atom is 0.306 e. The van der Waals surface area contributed by atoms with Gasteiger partial charge in [-0.1, -0.05) is 338 Å². The van der Waals surface area contributed by atoms with Crippen LogP contribution in [0.4, 0.5) is 0 Å². The minimum atomic E-state index is -0.778. The molecule has 0 aromatic rings. The van der Waals surface area contributed by atoms with Gasteiger partial charge in [0.2, 0.25) is 0 Å². The van der Waals surface area contributed by atoms with Crippen LogP contribution in [0.2, 0.25) is 0 Å². The van der Waals surface area contributed by atoms with Gasteiger partial charge in [0.05, 0.1) is 0 Å². The van der Waals surface area contributed by atoms with Crippen molar-refractivity contribution in [3.63, 3.8) is 0 Å². The van der Waals surface area contributed by atoms with Crippen molar-refractivity contribution in [1.29, 1.82) is 0 Å². The van der Waals surface area contributed by atoms with E-state index in [2.05, 4.69) is 93.7 Å². The average molecular weight is 1150 g/mol. The van der Waals surface area contributed by atoms with E-state index in [1.54, 1.807) is 0 Å². The molecule has 82 heavy (non-hydrogen) atoms. The van der Waals surface area contributed by atoms with Crippen LogP contribution in [0.3, 0.4) is 0 Å². The number of carbonyl (C=O) groups is 3. The first-order chi connectivity index (χ1) is 40.5. The van der Waals surface area contributed by atoms with Gasteiger partial charge in [-0.25, -0.2) is 0 Å². The third-order valence-electron chi connectivity index (χ3n) is 15.9. The Labute approximate surface area is 510 Å². The zero-order valence-corrected chi connectivity index (χ0v) is 54.8. The zero-order chi connectivity index (χ0) is 59.2. The lowest BCUT2D eigenvalue weighted by Gasteiger charge is -2.18. The number of carbonyl (C=O) groups excluding carboxylic acids is 3. The van der Waals surface area contributed by atoms with Crippen LogP contribution in [0.25, 0.3) is 0 Å². The normalized spacial score (nSPS) is 12.5. The van der Waals surface area contributed by atoms with Crippen LogP contribution < -0.4 is 0 Å². The monoisotopic (exact) mass is 1150 g/mol. The lowest BCUT2D eigenvalue weighted by Crippen LogP contribution is -2.30. The maximum absolute atomic E-state index is 13.0. The van der Waals surface area contributed by atoms with Gasteiger partial charge < -0.3 is 14.2 Å². The number of esters is 3. The lowest BCUT2D eigenvalue weighted by molar-refractivity contribution is -0.167. The van der Waals surface area contributed by atoms with Gasteiger partial charge in [0, 0.05) is 19.3 Å². The topological polar surface area (TPSA) is 78.9 Å². The van der Waals surface area contributed by atoms with Crippen molar-refractivity contribution in [2.75, 3.05) is 13.2 Å². The van der Waals surface area contributed by atoms with Crippen molar-refractivity contribution in [2.24, 2.45) is 0 Å². The smallest absolute Gasteiger partial charge is 0.306 e. The Morgan fingerprint density at radius 3 is 0.756 bits per heavy atom. The number of ether oxygens (including phenoxy) is 3. The highest BCUT2D eigenvalue weighted by atomic mass is 16.6. The van der Waals surface area contributed by atoms with Gasteiger partial charge in [0.25, 0.3) is 0 Å². The molecule has 0 fully saturated rings. The van der Waals surface area contributed by atoms with Crippen molar-refractivity contribution < 1.29 is 28.6 Å².